The maximum atomic E-state index is 14.6. The second kappa shape index (κ2) is 17.3. The van der Waals surface area contributed by atoms with Crippen molar-refractivity contribution in [1.29, 1.82) is 0 Å². The molecule has 0 saturated carbocycles. The topological polar surface area (TPSA) is 114 Å². The summed E-state index contributed by atoms with van der Waals surface area (Å²) in [6.45, 7) is 3.81. The van der Waals surface area contributed by atoms with Crippen LogP contribution in [0.4, 0.5) is 10.1 Å². The number of carbonyl (C=O) groups excluding carboxylic acids is 2. The highest BCUT2D eigenvalue weighted by molar-refractivity contribution is 7.92. The summed E-state index contributed by atoms with van der Waals surface area (Å²) in [5.74, 6) is -0.445. The Bertz CT molecular complexity index is 1790. The number of nitrogens with one attached hydrogen (secondary N) is 1. The molecule has 0 fully saturated rings. The van der Waals surface area contributed by atoms with Crippen molar-refractivity contribution in [3.8, 4) is 17.2 Å². The first kappa shape index (κ1) is 36.7. The molecule has 2 amide bonds. The molecule has 0 heterocycles. The summed E-state index contributed by atoms with van der Waals surface area (Å²) in [4.78, 5) is 29.6. The second-order valence-electron chi connectivity index (χ2n) is 11.1. The molecule has 10 nitrogen and oxygen atoms in total. The largest absolute Gasteiger partial charge is 0.494 e. The Hall–Kier alpha value is -5.10. The van der Waals surface area contributed by atoms with Gasteiger partial charge in [0.25, 0.3) is 10.0 Å². The van der Waals surface area contributed by atoms with Crippen LogP contribution in [0, 0.1) is 5.82 Å². The fourth-order valence-corrected chi connectivity index (χ4v) is 6.64. The number of carbonyl (C=O) groups is 2. The van der Waals surface area contributed by atoms with Crippen LogP contribution in [-0.2, 0) is 32.6 Å². The van der Waals surface area contributed by atoms with Crippen LogP contribution in [0.3, 0.4) is 0 Å². The third-order valence-electron chi connectivity index (χ3n) is 7.74. The zero-order valence-electron chi connectivity index (χ0n) is 28.1. The number of hydrogen-bond acceptors (Lipinski definition) is 7. The SMILES string of the molecule is CCCNC(=O)[C@@H](Cc1ccccc1)N(Cc1ccc(F)cc1)C(=O)CN(c1ccc(OCC)cc1)S(=O)(=O)c1ccc(OC)c(OC)c1. The maximum absolute atomic E-state index is 14.6. The van der Waals surface area contributed by atoms with Crippen molar-refractivity contribution >= 4 is 27.5 Å². The molecule has 4 aromatic carbocycles. The number of ether oxygens (including phenoxy) is 3. The molecule has 0 aliphatic heterocycles. The minimum Gasteiger partial charge on any atom is -0.494 e. The van der Waals surface area contributed by atoms with Gasteiger partial charge in [-0.3, -0.25) is 13.9 Å². The van der Waals surface area contributed by atoms with Crippen molar-refractivity contribution in [2.24, 2.45) is 0 Å². The Labute approximate surface area is 287 Å². The first-order chi connectivity index (χ1) is 23.6. The number of benzene rings is 4. The van der Waals surface area contributed by atoms with Gasteiger partial charge in [-0.05, 0) is 73.0 Å². The summed E-state index contributed by atoms with van der Waals surface area (Å²) >= 11 is 0. The Balaban J connectivity index is 1.82. The molecule has 0 aliphatic carbocycles. The molecule has 0 bridgehead atoms. The summed E-state index contributed by atoms with van der Waals surface area (Å²) in [5, 5.41) is 2.90. The van der Waals surface area contributed by atoms with Crippen molar-refractivity contribution in [3.63, 3.8) is 0 Å². The molecule has 260 valence electrons. The van der Waals surface area contributed by atoms with Gasteiger partial charge in [0.1, 0.15) is 24.2 Å². The lowest BCUT2D eigenvalue weighted by Gasteiger charge is -2.34. The molecule has 1 atom stereocenters. The van der Waals surface area contributed by atoms with Gasteiger partial charge in [-0.1, -0.05) is 49.4 Å². The summed E-state index contributed by atoms with van der Waals surface area (Å²) in [6.07, 6.45) is 0.833. The van der Waals surface area contributed by atoms with Crippen molar-refractivity contribution in [1.82, 2.24) is 10.2 Å². The van der Waals surface area contributed by atoms with Crippen molar-refractivity contribution in [3.05, 3.63) is 114 Å². The molecule has 0 saturated heterocycles. The Morgan fingerprint density at radius 1 is 0.837 bits per heavy atom. The van der Waals surface area contributed by atoms with E-state index in [2.05, 4.69) is 5.32 Å². The van der Waals surface area contributed by atoms with Gasteiger partial charge in [0.05, 0.1) is 31.4 Å². The molecule has 4 rings (SSSR count). The average molecular weight is 692 g/mol. The summed E-state index contributed by atoms with van der Waals surface area (Å²) in [5.41, 5.74) is 1.56. The monoisotopic (exact) mass is 691 g/mol. The molecule has 0 aliphatic rings. The highest BCUT2D eigenvalue weighted by Gasteiger charge is 2.35. The van der Waals surface area contributed by atoms with E-state index in [0.717, 1.165) is 9.87 Å². The lowest BCUT2D eigenvalue weighted by atomic mass is 10.0. The molecule has 0 spiro atoms. The lowest BCUT2D eigenvalue weighted by Crippen LogP contribution is -2.53. The smallest absolute Gasteiger partial charge is 0.264 e. The molecule has 0 unspecified atom stereocenters. The predicted molar refractivity (Wildman–Crippen MR) is 186 cm³/mol. The minimum atomic E-state index is -4.40. The second-order valence-corrected chi connectivity index (χ2v) is 13.0. The van der Waals surface area contributed by atoms with Crippen molar-refractivity contribution in [2.45, 2.75) is 44.2 Å². The van der Waals surface area contributed by atoms with E-state index in [-0.39, 0.29) is 29.3 Å². The summed E-state index contributed by atoms with van der Waals surface area (Å²) < 4.78 is 59.9. The molecule has 0 aromatic heterocycles. The maximum Gasteiger partial charge on any atom is 0.264 e. The fourth-order valence-electron chi connectivity index (χ4n) is 5.21. The van der Waals surface area contributed by atoms with Crippen LogP contribution in [0.25, 0.3) is 0 Å². The lowest BCUT2D eigenvalue weighted by molar-refractivity contribution is -0.140. The number of halogens is 1. The minimum absolute atomic E-state index is 0.0797. The average Bonchev–Trinajstić information content (AvgIpc) is 3.12. The van der Waals surface area contributed by atoms with Crippen molar-refractivity contribution in [2.75, 3.05) is 38.2 Å². The summed E-state index contributed by atoms with van der Waals surface area (Å²) in [7, 11) is -1.57. The van der Waals surface area contributed by atoms with Crippen LogP contribution in [0.5, 0.6) is 17.2 Å². The predicted octanol–water partition coefficient (Wildman–Crippen LogP) is 5.60. The Morgan fingerprint density at radius 2 is 1.51 bits per heavy atom. The first-order valence-electron chi connectivity index (χ1n) is 15.9. The van der Waals surface area contributed by atoms with Crippen LogP contribution in [0.15, 0.2) is 102 Å². The van der Waals surface area contributed by atoms with Crippen LogP contribution in [-0.4, -0.2) is 65.1 Å². The van der Waals surface area contributed by atoms with Crippen LogP contribution in [0.1, 0.15) is 31.4 Å². The number of anilines is 1. The van der Waals surface area contributed by atoms with E-state index in [0.29, 0.717) is 36.6 Å². The van der Waals surface area contributed by atoms with E-state index in [1.54, 1.807) is 24.3 Å². The normalized spacial score (nSPS) is 11.7. The zero-order valence-corrected chi connectivity index (χ0v) is 28.9. The Morgan fingerprint density at radius 3 is 2.12 bits per heavy atom. The van der Waals surface area contributed by atoms with Gasteiger partial charge in [0, 0.05) is 25.6 Å². The van der Waals surface area contributed by atoms with Gasteiger partial charge in [-0.25, -0.2) is 12.8 Å². The quantitative estimate of drug-likeness (QED) is 0.153. The van der Waals surface area contributed by atoms with Crippen LogP contribution < -0.4 is 23.8 Å². The van der Waals surface area contributed by atoms with Gasteiger partial charge in [0.2, 0.25) is 11.8 Å². The van der Waals surface area contributed by atoms with Crippen LogP contribution >= 0.6 is 0 Å². The number of methoxy groups -OCH3 is 2. The van der Waals surface area contributed by atoms with E-state index in [9.17, 15) is 22.4 Å². The van der Waals surface area contributed by atoms with E-state index in [4.69, 9.17) is 14.2 Å². The van der Waals surface area contributed by atoms with E-state index in [1.165, 1.54) is 61.6 Å². The highest BCUT2D eigenvalue weighted by Crippen LogP contribution is 2.33. The van der Waals surface area contributed by atoms with E-state index < -0.39 is 40.2 Å². The van der Waals surface area contributed by atoms with Crippen LogP contribution in [0.2, 0.25) is 0 Å². The summed E-state index contributed by atoms with van der Waals surface area (Å²) in [6, 6.07) is 24.3. The number of rotatable bonds is 17. The number of hydrogen-bond donors (Lipinski definition) is 1. The standard InChI is InChI=1S/C37H42FN3O7S/c1-5-22-39-37(43)33(23-27-10-8-7-9-11-27)40(25-28-12-14-29(38)15-13-28)36(42)26-41(30-16-18-31(19-17-30)48-6-2)49(44,45)32-20-21-34(46-3)35(24-32)47-4/h7-21,24,33H,5-6,22-23,25-26H2,1-4H3,(H,39,43)/t33-/m1/s1. The van der Waals surface area contributed by atoms with Gasteiger partial charge < -0.3 is 24.4 Å². The van der Waals surface area contributed by atoms with Gasteiger partial charge >= 0.3 is 0 Å². The number of amides is 2. The molecular weight excluding hydrogens is 649 g/mol. The molecule has 1 N–H and O–H groups in total. The third-order valence-corrected chi connectivity index (χ3v) is 9.51. The highest BCUT2D eigenvalue weighted by atomic mass is 32.2. The molecule has 4 aromatic rings. The molecule has 12 heteroatoms. The Kier molecular flexibility index (Phi) is 13.0. The zero-order chi connectivity index (χ0) is 35.4. The van der Waals surface area contributed by atoms with E-state index in [1.807, 2.05) is 44.2 Å². The number of nitrogens with zero attached hydrogens (tertiary/aromatic N) is 2. The third kappa shape index (κ3) is 9.50. The molecule has 49 heavy (non-hydrogen) atoms. The van der Waals surface area contributed by atoms with E-state index >= 15 is 0 Å². The van der Waals surface area contributed by atoms with Gasteiger partial charge in [-0.2, -0.15) is 0 Å². The number of sulfonamides is 1. The van der Waals surface area contributed by atoms with Gasteiger partial charge in [-0.15, -0.1) is 0 Å². The first-order valence-corrected chi connectivity index (χ1v) is 17.4. The fraction of sp³-hybridized carbons (Fsp3) is 0.297. The molecular formula is C37H42FN3O7S. The molecule has 0 radical (unpaired) electrons. The van der Waals surface area contributed by atoms with Crippen molar-refractivity contribution < 1.29 is 36.6 Å². The van der Waals surface area contributed by atoms with Gasteiger partial charge in [0.15, 0.2) is 11.5 Å².